The summed E-state index contributed by atoms with van der Waals surface area (Å²) >= 11 is 1.23. The van der Waals surface area contributed by atoms with Gasteiger partial charge in [0.15, 0.2) is 11.5 Å². The lowest BCUT2D eigenvalue weighted by Gasteiger charge is -2.23. The van der Waals surface area contributed by atoms with Crippen molar-refractivity contribution in [2.45, 2.75) is 24.8 Å². The number of carbonyl (C=O) groups excluding carboxylic acids is 1. The van der Waals surface area contributed by atoms with Crippen LogP contribution in [0.15, 0.2) is 64.2 Å². The first-order chi connectivity index (χ1) is 14.2. The highest BCUT2D eigenvalue weighted by Gasteiger charge is 2.27. The highest BCUT2D eigenvalue weighted by atomic mass is 32.2. The van der Waals surface area contributed by atoms with Crippen LogP contribution >= 0.6 is 11.8 Å². The Labute approximate surface area is 173 Å². The van der Waals surface area contributed by atoms with E-state index >= 15 is 0 Å². The molecule has 1 amide bonds. The minimum atomic E-state index is -0.465. The summed E-state index contributed by atoms with van der Waals surface area (Å²) in [6.45, 7) is 3.48. The van der Waals surface area contributed by atoms with E-state index in [9.17, 15) is 4.79 Å². The molecule has 2 heterocycles. The molecule has 0 bridgehead atoms. The first kappa shape index (κ1) is 19.3. The quantitative estimate of drug-likeness (QED) is 0.548. The van der Waals surface area contributed by atoms with Crippen molar-refractivity contribution in [1.29, 1.82) is 0 Å². The highest BCUT2D eigenvalue weighted by Crippen LogP contribution is 2.35. The Hall–Kier alpha value is -3.00. The van der Waals surface area contributed by atoms with Gasteiger partial charge in [0.05, 0.1) is 5.75 Å². The number of ether oxygens (including phenoxy) is 2. The standard InChI is InChI=1S/C21H21N3O4S/c1-2-24(12-15-8-4-3-5-9-15)19(25)14-29-21-23-22-20(28-21)18-13-26-16-10-6-7-11-17(16)27-18/h3-11,18H,2,12-14H2,1H3. The third-order valence-corrected chi connectivity index (χ3v) is 5.28. The van der Waals surface area contributed by atoms with E-state index in [0.717, 1.165) is 5.56 Å². The molecule has 7 nitrogen and oxygen atoms in total. The van der Waals surface area contributed by atoms with Gasteiger partial charge in [0.25, 0.3) is 11.1 Å². The van der Waals surface area contributed by atoms with Gasteiger partial charge in [0.1, 0.15) is 6.61 Å². The maximum absolute atomic E-state index is 12.6. The van der Waals surface area contributed by atoms with Crippen molar-refractivity contribution in [1.82, 2.24) is 15.1 Å². The zero-order valence-corrected chi connectivity index (χ0v) is 16.8. The van der Waals surface area contributed by atoms with E-state index in [1.165, 1.54) is 11.8 Å². The van der Waals surface area contributed by atoms with Crippen molar-refractivity contribution in [2.75, 3.05) is 18.9 Å². The number of thioether (sulfide) groups is 1. The summed E-state index contributed by atoms with van der Waals surface area (Å²) < 4.78 is 17.2. The molecule has 0 fully saturated rings. The third kappa shape index (κ3) is 4.71. The molecule has 0 spiro atoms. The van der Waals surface area contributed by atoms with Crippen LogP contribution in [0.4, 0.5) is 0 Å². The van der Waals surface area contributed by atoms with Crippen molar-refractivity contribution < 1.29 is 18.7 Å². The minimum Gasteiger partial charge on any atom is -0.485 e. The van der Waals surface area contributed by atoms with Gasteiger partial charge in [-0.3, -0.25) is 4.79 Å². The topological polar surface area (TPSA) is 77.7 Å². The third-order valence-electron chi connectivity index (χ3n) is 4.48. The number of rotatable bonds is 7. The number of aromatic nitrogens is 2. The molecule has 1 aliphatic heterocycles. The summed E-state index contributed by atoms with van der Waals surface area (Å²) in [6, 6.07) is 17.4. The van der Waals surface area contributed by atoms with E-state index in [0.29, 0.717) is 42.3 Å². The molecule has 1 unspecified atom stereocenters. The first-order valence-electron chi connectivity index (χ1n) is 9.39. The molecular weight excluding hydrogens is 390 g/mol. The number of amides is 1. The van der Waals surface area contributed by atoms with Crippen LogP contribution in [-0.2, 0) is 11.3 Å². The number of hydrogen-bond acceptors (Lipinski definition) is 7. The summed E-state index contributed by atoms with van der Waals surface area (Å²) in [4.78, 5) is 14.4. The fourth-order valence-corrected chi connectivity index (χ4v) is 3.62. The van der Waals surface area contributed by atoms with Gasteiger partial charge < -0.3 is 18.8 Å². The van der Waals surface area contributed by atoms with Crippen LogP contribution in [0.1, 0.15) is 24.5 Å². The lowest BCUT2D eigenvalue weighted by molar-refractivity contribution is -0.128. The molecule has 3 aromatic rings. The Morgan fingerprint density at radius 3 is 2.66 bits per heavy atom. The molecule has 4 rings (SSSR count). The molecule has 1 aliphatic rings. The Kier molecular flexibility index (Phi) is 6.00. The molecule has 1 aromatic heterocycles. The highest BCUT2D eigenvalue weighted by molar-refractivity contribution is 7.99. The predicted octanol–water partition coefficient (Wildman–Crippen LogP) is 3.72. The monoisotopic (exact) mass is 411 g/mol. The molecule has 0 saturated carbocycles. The molecule has 0 N–H and O–H groups in total. The lowest BCUT2D eigenvalue weighted by atomic mass is 10.2. The summed E-state index contributed by atoms with van der Waals surface area (Å²) in [5.41, 5.74) is 1.10. The molecular formula is C21H21N3O4S. The zero-order chi connectivity index (χ0) is 20.1. The van der Waals surface area contributed by atoms with Crippen LogP contribution < -0.4 is 9.47 Å². The van der Waals surface area contributed by atoms with Gasteiger partial charge in [-0.15, -0.1) is 10.2 Å². The van der Waals surface area contributed by atoms with E-state index in [-0.39, 0.29) is 11.7 Å². The number of fused-ring (bicyclic) bond motifs is 1. The number of hydrogen-bond donors (Lipinski definition) is 0. The second kappa shape index (κ2) is 9.00. The van der Waals surface area contributed by atoms with Gasteiger partial charge in [0.2, 0.25) is 12.0 Å². The van der Waals surface area contributed by atoms with Crippen molar-refractivity contribution in [3.63, 3.8) is 0 Å². The first-order valence-corrected chi connectivity index (χ1v) is 10.4. The fraction of sp³-hybridized carbons (Fsp3) is 0.286. The van der Waals surface area contributed by atoms with E-state index in [1.54, 1.807) is 4.90 Å². The Balaban J connectivity index is 1.33. The predicted molar refractivity (Wildman–Crippen MR) is 108 cm³/mol. The van der Waals surface area contributed by atoms with E-state index in [2.05, 4.69) is 10.2 Å². The summed E-state index contributed by atoms with van der Waals surface area (Å²) in [6.07, 6.45) is -0.465. The smallest absolute Gasteiger partial charge is 0.277 e. The number of benzene rings is 2. The minimum absolute atomic E-state index is 0.0206. The summed E-state index contributed by atoms with van der Waals surface area (Å²) in [7, 11) is 0. The molecule has 1 atom stereocenters. The van der Waals surface area contributed by atoms with Crippen LogP contribution in [0.25, 0.3) is 0 Å². The molecule has 2 aromatic carbocycles. The maximum atomic E-state index is 12.6. The van der Waals surface area contributed by atoms with Gasteiger partial charge in [-0.1, -0.05) is 54.2 Å². The second-order valence-electron chi connectivity index (χ2n) is 6.45. The number of carbonyl (C=O) groups is 1. The van der Waals surface area contributed by atoms with Crippen LogP contribution in [-0.4, -0.2) is 39.9 Å². The molecule has 8 heteroatoms. The van der Waals surface area contributed by atoms with Gasteiger partial charge >= 0.3 is 0 Å². The molecule has 0 aliphatic carbocycles. The lowest BCUT2D eigenvalue weighted by Crippen LogP contribution is -2.31. The number of nitrogens with zero attached hydrogens (tertiary/aromatic N) is 3. The van der Waals surface area contributed by atoms with E-state index < -0.39 is 6.10 Å². The van der Waals surface area contributed by atoms with Gasteiger partial charge in [-0.05, 0) is 24.6 Å². The van der Waals surface area contributed by atoms with Crippen molar-refractivity contribution in [3.8, 4) is 11.5 Å². The van der Waals surface area contributed by atoms with Gasteiger partial charge in [0, 0.05) is 13.1 Å². The van der Waals surface area contributed by atoms with Crippen LogP contribution in [0.2, 0.25) is 0 Å². The SMILES string of the molecule is CCN(Cc1ccccc1)C(=O)CSc1nnc(C2COc3ccccc3O2)o1. The Bertz CT molecular complexity index is 963. The van der Waals surface area contributed by atoms with Crippen LogP contribution in [0.3, 0.4) is 0 Å². The average molecular weight is 411 g/mol. The van der Waals surface area contributed by atoms with Crippen LogP contribution in [0.5, 0.6) is 11.5 Å². The fourth-order valence-electron chi connectivity index (χ4n) is 2.94. The van der Waals surface area contributed by atoms with Gasteiger partial charge in [-0.25, -0.2) is 0 Å². The number of para-hydroxylation sites is 2. The maximum Gasteiger partial charge on any atom is 0.277 e. The molecule has 0 saturated heterocycles. The average Bonchev–Trinajstić information content (AvgIpc) is 3.25. The Morgan fingerprint density at radius 1 is 1.10 bits per heavy atom. The van der Waals surface area contributed by atoms with Crippen molar-refractivity contribution >= 4 is 17.7 Å². The van der Waals surface area contributed by atoms with Crippen LogP contribution in [0, 0.1) is 0 Å². The molecule has 29 heavy (non-hydrogen) atoms. The van der Waals surface area contributed by atoms with Crippen molar-refractivity contribution in [3.05, 3.63) is 66.1 Å². The summed E-state index contributed by atoms with van der Waals surface area (Å²) in [5.74, 6) is 1.93. The van der Waals surface area contributed by atoms with E-state index in [1.807, 2.05) is 61.5 Å². The molecule has 0 radical (unpaired) electrons. The molecule has 150 valence electrons. The van der Waals surface area contributed by atoms with Gasteiger partial charge in [-0.2, -0.15) is 0 Å². The Morgan fingerprint density at radius 2 is 1.86 bits per heavy atom. The summed E-state index contributed by atoms with van der Waals surface area (Å²) in [5, 5.41) is 8.42. The second-order valence-corrected chi connectivity index (χ2v) is 7.38. The zero-order valence-electron chi connectivity index (χ0n) is 16.0. The van der Waals surface area contributed by atoms with E-state index in [4.69, 9.17) is 13.9 Å². The normalized spacial score (nSPS) is 15.1. The largest absolute Gasteiger partial charge is 0.485 e. The van der Waals surface area contributed by atoms with Crippen molar-refractivity contribution in [2.24, 2.45) is 0 Å².